The van der Waals surface area contributed by atoms with Gasteiger partial charge in [0.15, 0.2) is 5.60 Å². The summed E-state index contributed by atoms with van der Waals surface area (Å²) in [6.07, 6.45) is 0. The first kappa shape index (κ1) is 21.7. The summed E-state index contributed by atoms with van der Waals surface area (Å²) in [6.45, 7) is 3.34. The van der Waals surface area contributed by atoms with E-state index in [1.165, 1.54) is 18.4 Å². The van der Waals surface area contributed by atoms with Crippen LogP contribution in [-0.4, -0.2) is 24.5 Å². The maximum absolute atomic E-state index is 12.8. The smallest absolute Gasteiger partial charge is 0.267 e. The second-order valence-electron chi connectivity index (χ2n) is 6.87. The zero-order valence-corrected chi connectivity index (χ0v) is 18.3. The van der Waals surface area contributed by atoms with E-state index >= 15 is 0 Å². The fourth-order valence-corrected chi connectivity index (χ4v) is 3.33. The van der Waals surface area contributed by atoms with Gasteiger partial charge in [0.25, 0.3) is 11.8 Å². The minimum atomic E-state index is -1.13. The first-order chi connectivity index (χ1) is 14.3. The predicted octanol–water partition coefficient (Wildman–Crippen LogP) is 5.46. The van der Waals surface area contributed by atoms with Crippen molar-refractivity contribution in [3.05, 3.63) is 69.9 Å². The zero-order valence-electron chi connectivity index (χ0n) is 16.7. The third kappa shape index (κ3) is 5.31. The lowest BCUT2D eigenvalue weighted by molar-refractivity contribution is -0.128. The number of rotatable bonds is 7. The number of carbonyl (C=O) groups is 2. The molecule has 0 aliphatic rings. The molecule has 156 valence electrons. The molecule has 0 aliphatic carbocycles. The Morgan fingerprint density at radius 1 is 1.03 bits per heavy atom. The lowest BCUT2D eigenvalue weighted by atomic mass is 10.1. The monoisotopic (exact) mass is 444 g/mol. The highest BCUT2D eigenvalue weighted by Crippen LogP contribution is 2.30. The predicted molar refractivity (Wildman–Crippen MR) is 120 cm³/mol. The molecule has 0 aliphatic heterocycles. The van der Waals surface area contributed by atoms with Gasteiger partial charge >= 0.3 is 0 Å². The molecule has 6 nitrogen and oxygen atoms in total. The quantitative estimate of drug-likeness (QED) is 0.507. The van der Waals surface area contributed by atoms with Crippen molar-refractivity contribution in [2.75, 3.05) is 17.7 Å². The maximum atomic E-state index is 12.8. The third-order valence-corrected chi connectivity index (χ3v) is 5.31. The van der Waals surface area contributed by atoms with E-state index in [4.69, 9.17) is 21.1 Å². The van der Waals surface area contributed by atoms with Gasteiger partial charge in [-0.05, 0) is 61.7 Å². The molecular weight excluding hydrogens is 424 g/mol. The van der Waals surface area contributed by atoms with E-state index in [0.29, 0.717) is 32.8 Å². The second-order valence-corrected chi connectivity index (χ2v) is 8.25. The molecule has 0 saturated carbocycles. The summed E-state index contributed by atoms with van der Waals surface area (Å²) < 4.78 is 11.2. The average Bonchev–Trinajstić information content (AvgIpc) is 3.25. The molecule has 2 amide bonds. The molecule has 8 heteroatoms. The largest absolute Gasteiger partial charge is 0.494 e. The van der Waals surface area contributed by atoms with Crippen LogP contribution in [0.3, 0.4) is 0 Å². The lowest BCUT2D eigenvalue weighted by Crippen LogP contribution is -2.42. The van der Waals surface area contributed by atoms with E-state index in [1.807, 2.05) is 11.4 Å². The Hall–Kier alpha value is -3.03. The molecule has 0 spiro atoms. The molecule has 1 heterocycles. The van der Waals surface area contributed by atoms with E-state index in [0.717, 1.165) is 0 Å². The maximum Gasteiger partial charge on any atom is 0.267 e. The van der Waals surface area contributed by atoms with Crippen molar-refractivity contribution in [2.24, 2.45) is 0 Å². The topological polar surface area (TPSA) is 76.7 Å². The molecule has 3 aromatic rings. The highest BCUT2D eigenvalue weighted by molar-refractivity contribution is 7.12. The Balaban J connectivity index is 1.70. The zero-order chi connectivity index (χ0) is 21.7. The number of anilines is 2. The van der Waals surface area contributed by atoms with Gasteiger partial charge in [-0.25, -0.2) is 0 Å². The summed E-state index contributed by atoms with van der Waals surface area (Å²) in [5.74, 6) is 0.394. The molecule has 0 fully saturated rings. The number of methoxy groups -OCH3 is 1. The Labute approximate surface area is 183 Å². The highest BCUT2D eigenvalue weighted by atomic mass is 35.5. The van der Waals surface area contributed by atoms with Crippen molar-refractivity contribution >= 4 is 46.1 Å². The molecule has 0 saturated heterocycles. The van der Waals surface area contributed by atoms with Gasteiger partial charge in [-0.1, -0.05) is 17.7 Å². The minimum absolute atomic E-state index is 0.224. The van der Waals surface area contributed by atoms with Gasteiger partial charge in [0, 0.05) is 16.8 Å². The summed E-state index contributed by atoms with van der Waals surface area (Å²) >= 11 is 7.23. The molecule has 0 unspecified atom stereocenters. The van der Waals surface area contributed by atoms with E-state index in [9.17, 15) is 9.59 Å². The molecule has 1 aromatic heterocycles. The van der Waals surface area contributed by atoms with E-state index in [1.54, 1.807) is 62.4 Å². The summed E-state index contributed by atoms with van der Waals surface area (Å²) in [4.78, 5) is 25.6. The van der Waals surface area contributed by atoms with E-state index in [-0.39, 0.29) is 11.8 Å². The highest BCUT2D eigenvalue weighted by Gasteiger charge is 2.30. The van der Waals surface area contributed by atoms with Crippen molar-refractivity contribution in [2.45, 2.75) is 19.4 Å². The van der Waals surface area contributed by atoms with Crippen molar-refractivity contribution in [3.63, 3.8) is 0 Å². The Kier molecular flexibility index (Phi) is 6.64. The molecule has 3 rings (SSSR count). The van der Waals surface area contributed by atoms with Crippen LogP contribution in [0, 0.1) is 0 Å². The van der Waals surface area contributed by atoms with Crippen molar-refractivity contribution in [1.29, 1.82) is 0 Å². The average molecular weight is 445 g/mol. The first-order valence-electron chi connectivity index (χ1n) is 9.07. The third-order valence-electron chi connectivity index (χ3n) is 4.19. The summed E-state index contributed by atoms with van der Waals surface area (Å²) in [7, 11) is 1.50. The first-order valence-corrected chi connectivity index (χ1v) is 10.3. The van der Waals surface area contributed by atoms with Gasteiger partial charge in [0.2, 0.25) is 0 Å². The molecule has 30 heavy (non-hydrogen) atoms. The van der Waals surface area contributed by atoms with Crippen LogP contribution in [0.4, 0.5) is 11.4 Å². The summed E-state index contributed by atoms with van der Waals surface area (Å²) in [5.41, 5.74) is -0.114. The van der Waals surface area contributed by atoms with Crippen molar-refractivity contribution in [3.8, 4) is 11.5 Å². The number of hydrogen-bond donors (Lipinski definition) is 2. The molecule has 0 bridgehead atoms. The van der Waals surface area contributed by atoms with Crippen LogP contribution in [0.5, 0.6) is 11.5 Å². The van der Waals surface area contributed by atoms with Crippen LogP contribution < -0.4 is 20.1 Å². The SMILES string of the molecule is COc1cc(NC(=O)C(C)(C)Oc2ccc(Cl)cc2)ccc1NC(=O)c1cccs1. The molecule has 0 atom stereocenters. The van der Waals surface area contributed by atoms with Gasteiger partial charge in [0.1, 0.15) is 11.5 Å². The van der Waals surface area contributed by atoms with Crippen LogP contribution in [0.15, 0.2) is 60.0 Å². The number of nitrogens with one attached hydrogen (secondary N) is 2. The van der Waals surface area contributed by atoms with Crippen LogP contribution in [0.1, 0.15) is 23.5 Å². The minimum Gasteiger partial charge on any atom is -0.494 e. The summed E-state index contributed by atoms with van der Waals surface area (Å²) in [5, 5.41) is 8.04. The molecule has 2 aromatic carbocycles. The van der Waals surface area contributed by atoms with Gasteiger partial charge in [-0.3, -0.25) is 9.59 Å². The van der Waals surface area contributed by atoms with Crippen molar-refractivity contribution in [1.82, 2.24) is 0 Å². The Morgan fingerprint density at radius 3 is 2.40 bits per heavy atom. The fraction of sp³-hybridized carbons (Fsp3) is 0.182. The number of carbonyl (C=O) groups excluding carboxylic acids is 2. The second kappa shape index (κ2) is 9.19. The number of amides is 2. The van der Waals surface area contributed by atoms with Gasteiger partial charge in [-0.2, -0.15) is 0 Å². The lowest BCUT2D eigenvalue weighted by Gasteiger charge is -2.25. The fourth-order valence-electron chi connectivity index (χ4n) is 2.59. The van der Waals surface area contributed by atoms with Gasteiger partial charge in [0.05, 0.1) is 17.7 Å². The van der Waals surface area contributed by atoms with E-state index < -0.39 is 5.60 Å². The van der Waals surface area contributed by atoms with Crippen LogP contribution >= 0.6 is 22.9 Å². The van der Waals surface area contributed by atoms with Crippen LogP contribution in [0.25, 0.3) is 0 Å². The molecule has 0 radical (unpaired) electrons. The Bertz CT molecular complexity index is 1030. The molecule has 2 N–H and O–H groups in total. The number of benzene rings is 2. The molecular formula is C22H21ClN2O4S. The summed E-state index contributed by atoms with van der Waals surface area (Å²) in [6, 6.07) is 15.3. The van der Waals surface area contributed by atoms with E-state index in [2.05, 4.69) is 10.6 Å². The number of thiophene rings is 1. The Morgan fingerprint density at radius 2 is 1.77 bits per heavy atom. The number of hydrogen-bond acceptors (Lipinski definition) is 5. The number of ether oxygens (including phenoxy) is 2. The van der Waals surface area contributed by atoms with Gasteiger partial charge in [-0.15, -0.1) is 11.3 Å². The van der Waals surface area contributed by atoms with Crippen molar-refractivity contribution < 1.29 is 19.1 Å². The van der Waals surface area contributed by atoms with Crippen LogP contribution in [-0.2, 0) is 4.79 Å². The number of halogens is 1. The van der Waals surface area contributed by atoms with Crippen LogP contribution in [0.2, 0.25) is 5.02 Å². The van der Waals surface area contributed by atoms with Gasteiger partial charge < -0.3 is 20.1 Å². The normalized spacial score (nSPS) is 10.9. The standard InChI is InChI=1S/C22H21ClN2O4S/c1-22(2,29-16-9-6-14(23)7-10-16)21(27)24-15-8-11-17(18(13-15)28-3)25-20(26)19-5-4-12-30-19/h4-13H,1-3H3,(H,24,27)(H,25,26).